The van der Waals surface area contributed by atoms with E-state index in [1.54, 1.807) is 17.7 Å². The average Bonchev–Trinajstić information content (AvgIpc) is 2.63. The van der Waals surface area contributed by atoms with Crippen molar-refractivity contribution < 1.29 is 19.8 Å². The molecule has 0 bridgehead atoms. The predicted octanol–water partition coefficient (Wildman–Crippen LogP) is 1.37. The van der Waals surface area contributed by atoms with Gasteiger partial charge in [-0.15, -0.1) is 0 Å². The molecule has 0 unspecified atom stereocenters. The van der Waals surface area contributed by atoms with E-state index in [1.807, 2.05) is 0 Å². The van der Waals surface area contributed by atoms with E-state index in [2.05, 4.69) is 4.98 Å². The Hall–Kier alpha value is -2.63. The van der Waals surface area contributed by atoms with Crippen LogP contribution in [-0.2, 0) is 11.8 Å². The summed E-state index contributed by atoms with van der Waals surface area (Å²) >= 11 is 0. The van der Waals surface area contributed by atoms with Crippen LogP contribution in [0.15, 0.2) is 24.3 Å². The number of rotatable bonds is 3. The number of carboxylic acids is 2. The molecule has 0 amide bonds. The number of nitrogens with zero attached hydrogens (tertiary/aromatic N) is 2. The van der Waals surface area contributed by atoms with Crippen LogP contribution >= 0.6 is 0 Å². The summed E-state index contributed by atoms with van der Waals surface area (Å²) in [6, 6.07) is 4.56. The maximum Gasteiger partial charge on any atom is 0.335 e. The SMILES string of the molecule is Cn1c(/C=C/C(=O)O)nc2ccc(C(=O)O)cc21. The average molecular weight is 246 g/mol. The van der Waals surface area contributed by atoms with Crippen LogP contribution in [0, 0.1) is 0 Å². The van der Waals surface area contributed by atoms with Crippen LogP contribution in [0.4, 0.5) is 0 Å². The fraction of sp³-hybridized carbons (Fsp3) is 0.0833. The number of carbonyl (C=O) groups is 2. The molecule has 0 atom stereocenters. The second-order valence-corrected chi connectivity index (χ2v) is 3.71. The highest BCUT2D eigenvalue weighted by molar-refractivity contribution is 5.93. The molecule has 0 fully saturated rings. The number of benzene rings is 1. The predicted molar refractivity (Wildman–Crippen MR) is 64.3 cm³/mol. The molecule has 0 aliphatic carbocycles. The molecule has 0 aliphatic rings. The quantitative estimate of drug-likeness (QED) is 0.798. The van der Waals surface area contributed by atoms with Crippen LogP contribution < -0.4 is 0 Å². The molecule has 6 nitrogen and oxygen atoms in total. The molecule has 2 aromatic rings. The van der Waals surface area contributed by atoms with Gasteiger partial charge in [0.1, 0.15) is 5.82 Å². The summed E-state index contributed by atoms with van der Waals surface area (Å²) in [6.45, 7) is 0. The molecule has 1 aromatic heterocycles. The van der Waals surface area contributed by atoms with Crippen molar-refractivity contribution in [2.75, 3.05) is 0 Å². The Bertz CT molecular complexity index is 670. The summed E-state index contributed by atoms with van der Waals surface area (Å²) in [5, 5.41) is 17.5. The number of aryl methyl sites for hydroxylation is 1. The highest BCUT2D eigenvalue weighted by Crippen LogP contribution is 2.17. The topological polar surface area (TPSA) is 92.4 Å². The molecule has 6 heteroatoms. The lowest BCUT2D eigenvalue weighted by atomic mass is 10.2. The van der Waals surface area contributed by atoms with Crippen LogP contribution in [0.2, 0.25) is 0 Å². The summed E-state index contributed by atoms with van der Waals surface area (Å²) in [6.07, 6.45) is 2.35. The molecule has 2 N–H and O–H groups in total. The number of imidazole rings is 1. The van der Waals surface area contributed by atoms with Crippen molar-refractivity contribution in [3.05, 3.63) is 35.7 Å². The van der Waals surface area contributed by atoms with Crippen molar-refractivity contribution >= 4 is 29.0 Å². The Morgan fingerprint density at radius 3 is 2.67 bits per heavy atom. The van der Waals surface area contributed by atoms with Crippen molar-refractivity contribution in [2.24, 2.45) is 7.05 Å². The Labute approximate surface area is 102 Å². The fourth-order valence-corrected chi connectivity index (χ4v) is 1.64. The van der Waals surface area contributed by atoms with Crippen molar-refractivity contribution in [3.8, 4) is 0 Å². The fourth-order valence-electron chi connectivity index (χ4n) is 1.64. The normalized spacial score (nSPS) is 11.2. The monoisotopic (exact) mass is 246 g/mol. The second kappa shape index (κ2) is 4.33. The Balaban J connectivity index is 2.56. The number of aromatic carboxylic acids is 1. The zero-order chi connectivity index (χ0) is 13.3. The molecule has 0 aliphatic heterocycles. The standard InChI is InChI=1S/C12H10N2O4/c1-14-9-6-7(12(17)18)2-3-8(9)13-10(14)4-5-11(15)16/h2-6H,1H3,(H,15,16)(H,17,18)/b5-4+. The molecule has 1 heterocycles. The first-order valence-electron chi connectivity index (χ1n) is 5.10. The first kappa shape index (κ1) is 11.8. The smallest absolute Gasteiger partial charge is 0.335 e. The molecule has 18 heavy (non-hydrogen) atoms. The largest absolute Gasteiger partial charge is 0.478 e. The maximum absolute atomic E-state index is 10.9. The van der Waals surface area contributed by atoms with Gasteiger partial charge in [-0.05, 0) is 24.3 Å². The molecular weight excluding hydrogens is 236 g/mol. The van der Waals surface area contributed by atoms with Crippen molar-refractivity contribution in [3.63, 3.8) is 0 Å². The molecule has 0 spiro atoms. The minimum absolute atomic E-state index is 0.166. The van der Waals surface area contributed by atoms with E-state index in [0.717, 1.165) is 6.08 Å². The number of fused-ring (bicyclic) bond motifs is 1. The Kier molecular flexibility index (Phi) is 2.85. The third-order valence-corrected chi connectivity index (χ3v) is 2.54. The van der Waals surface area contributed by atoms with Crippen molar-refractivity contribution in [1.29, 1.82) is 0 Å². The van der Waals surface area contributed by atoms with Gasteiger partial charge in [-0.2, -0.15) is 0 Å². The first-order chi connectivity index (χ1) is 8.49. The van der Waals surface area contributed by atoms with Crippen molar-refractivity contribution in [1.82, 2.24) is 9.55 Å². The van der Waals surface area contributed by atoms with Crippen LogP contribution in [-0.4, -0.2) is 31.7 Å². The number of aromatic nitrogens is 2. The van der Waals surface area contributed by atoms with E-state index in [9.17, 15) is 9.59 Å². The second-order valence-electron chi connectivity index (χ2n) is 3.71. The van der Waals surface area contributed by atoms with E-state index in [4.69, 9.17) is 10.2 Å². The minimum atomic E-state index is -1.06. The van der Waals surface area contributed by atoms with E-state index in [1.165, 1.54) is 18.2 Å². The summed E-state index contributed by atoms with van der Waals surface area (Å²) in [7, 11) is 1.70. The zero-order valence-electron chi connectivity index (χ0n) is 9.49. The van der Waals surface area contributed by atoms with Gasteiger partial charge >= 0.3 is 11.9 Å². The highest BCUT2D eigenvalue weighted by atomic mass is 16.4. The zero-order valence-corrected chi connectivity index (χ0v) is 9.49. The molecule has 92 valence electrons. The van der Waals surface area contributed by atoms with Crippen LogP contribution in [0.3, 0.4) is 0 Å². The van der Waals surface area contributed by atoms with Crippen molar-refractivity contribution in [2.45, 2.75) is 0 Å². The Morgan fingerprint density at radius 1 is 1.33 bits per heavy atom. The van der Waals surface area contributed by atoms with Gasteiger partial charge in [0.15, 0.2) is 0 Å². The lowest BCUT2D eigenvalue weighted by Gasteiger charge is -1.98. The Morgan fingerprint density at radius 2 is 2.06 bits per heavy atom. The molecule has 1 aromatic carbocycles. The molecular formula is C12H10N2O4. The lowest BCUT2D eigenvalue weighted by molar-refractivity contribution is -0.131. The van der Waals surface area contributed by atoms with Gasteiger partial charge in [-0.1, -0.05) is 0 Å². The van der Waals surface area contributed by atoms with E-state index in [-0.39, 0.29) is 5.56 Å². The van der Waals surface area contributed by atoms with Crippen LogP contribution in [0.25, 0.3) is 17.1 Å². The summed E-state index contributed by atoms with van der Waals surface area (Å²) < 4.78 is 1.64. The number of hydrogen-bond acceptors (Lipinski definition) is 3. The van der Waals surface area contributed by atoms with Gasteiger partial charge in [-0.25, -0.2) is 14.6 Å². The molecule has 0 saturated heterocycles. The molecule has 0 radical (unpaired) electrons. The van der Waals surface area contributed by atoms with Gasteiger partial charge in [0, 0.05) is 13.1 Å². The molecule has 0 saturated carbocycles. The number of hydrogen-bond donors (Lipinski definition) is 2. The summed E-state index contributed by atoms with van der Waals surface area (Å²) in [5.74, 6) is -1.62. The maximum atomic E-state index is 10.9. The minimum Gasteiger partial charge on any atom is -0.478 e. The van der Waals surface area contributed by atoms with Crippen LogP contribution in [0.5, 0.6) is 0 Å². The van der Waals surface area contributed by atoms with Gasteiger partial charge in [-0.3, -0.25) is 0 Å². The lowest BCUT2D eigenvalue weighted by Crippen LogP contribution is -1.97. The van der Waals surface area contributed by atoms with Gasteiger partial charge in [0.2, 0.25) is 0 Å². The first-order valence-corrected chi connectivity index (χ1v) is 5.10. The van der Waals surface area contributed by atoms with E-state index >= 15 is 0 Å². The highest BCUT2D eigenvalue weighted by Gasteiger charge is 2.09. The van der Waals surface area contributed by atoms with Gasteiger partial charge in [0.25, 0.3) is 0 Å². The third-order valence-electron chi connectivity index (χ3n) is 2.54. The third kappa shape index (κ3) is 2.08. The summed E-state index contributed by atoms with van der Waals surface area (Å²) in [4.78, 5) is 25.5. The number of carboxylic acid groups (broad SMARTS) is 2. The van der Waals surface area contributed by atoms with E-state index < -0.39 is 11.9 Å². The molecule has 2 rings (SSSR count). The number of aliphatic carboxylic acids is 1. The van der Waals surface area contributed by atoms with Crippen LogP contribution in [0.1, 0.15) is 16.2 Å². The van der Waals surface area contributed by atoms with Gasteiger partial charge in [0.05, 0.1) is 16.6 Å². The van der Waals surface area contributed by atoms with E-state index in [0.29, 0.717) is 16.9 Å². The summed E-state index contributed by atoms with van der Waals surface area (Å²) in [5.41, 5.74) is 1.42. The van der Waals surface area contributed by atoms with Gasteiger partial charge < -0.3 is 14.8 Å².